The zero-order valence-corrected chi connectivity index (χ0v) is 11.3. The normalized spacial score (nSPS) is 23.9. The summed E-state index contributed by atoms with van der Waals surface area (Å²) in [6.45, 7) is 6.64. The topological polar surface area (TPSA) is 30.5 Å². The van der Waals surface area contributed by atoms with Crippen LogP contribution in [-0.2, 0) is 11.3 Å². The fraction of sp³-hybridized carbons (Fsp3) is 0.600. The van der Waals surface area contributed by atoms with Crippen LogP contribution in [0.25, 0.3) is 0 Å². The van der Waals surface area contributed by atoms with Gasteiger partial charge in [-0.2, -0.15) is 0 Å². The van der Waals surface area contributed by atoms with Crippen LogP contribution < -0.4 is 10.1 Å². The lowest BCUT2D eigenvalue weighted by Crippen LogP contribution is -2.37. The van der Waals surface area contributed by atoms with Gasteiger partial charge in [-0.15, -0.1) is 0 Å². The number of nitrogens with one attached hydrogen (secondary N) is 1. The van der Waals surface area contributed by atoms with Crippen LogP contribution in [0, 0.1) is 0 Å². The Labute approximate surface area is 109 Å². The summed E-state index contributed by atoms with van der Waals surface area (Å²) in [5, 5.41) is 3.60. The third-order valence-electron chi connectivity index (χ3n) is 3.29. The molecule has 18 heavy (non-hydrogen) atoms. The third kappa shape index (κ3) is 4.00. The van der Waals surface area contributed by atoms with Crippen molar-refractivity contribution >= 4 is 0 Å². The predicted molar refractivity (Wildman–Crippen MR) is 72.9 cm³/mol. The van der Waals surface area contributed by atoms with Crippen molar-refractivity contribution in [3.63, 3.8) is 0 Å². The highest BCUT2D eigenvalue weighted by molar-refractivity contribution is 5.28. The first-order valence-electron chi connectivity index (χ1n) is 6.84. The van der Waals surface area contributed by atoms with E-state index in [1.165, 1.54) is 5.56 Å². The smallest absolute Gasteiger partial charge is 0.119 e. The standard InChI is InChI=1S/C15H23NO2/c1-3-17-15-6-4-5-13(10-15)11-16-14-7-8-18-12(2)9-14/h4-6,10,12,14,16H,3,7-9,11H2,1-2H3. The second-order valence-electron chi connectivity index (χ2n) is 4.86. The molecular weight excluding hydrogens is 226 g/mol. The minimum absolute atomic E-state index is 0.381. The van der Waals surface area contributed by atoms with Gasteiger partial charge in [-0.3, -0.25) is 0 Å². The van der Waals surface area contributed by atoms with E-state index >= 15 is 0 Å². The average molecular weight is 249 g/mol. The molecule has 2 unspecified atom stereocenters. The van der Waals surface area contributed by atoms with E-state index in [0.29, 0.717) is 18.8 Å². The van der Waals surface area contributed by atoms with Gasteiger partial charge in [0.05, 0.1) is 12.7 Å². The van der Waals surface area contributed by atoms with E-state index in [4.69, 9.17) is 9.47 Å². The van der Waals surface area contributed by atoms with Crippen LogP contribution >= 0.6 is 0 Å². The fourth-order valence-corrected chi connectivity index (χ4v) is 2.36. The molecule has 1 N–H and O–H groups in total. The number of hydrogen-bond acceptors (Lipinski definition) is 3. The first-order chi connectivity index (χ1) is 8.78. The highest BCUT2D eigenvalue weighted by Crippen LogP contribution is 2.16. The SMILES string of the molecule is CCOc1cccc(CNC2CCOC(C)C2)c1. The molecular formula is C15H23NO2. The summed E-state index contributed by atoms with van der Waals surface area (Å²) in [5.41, 5.74) is 1.28. The first kappa shape index (κ1) is 13.4. The molecule has 3 heteroatoms. The molecule has 1 aliphatic heterocycles. The molecule has 0 amide bonds. The molecule has 0 aromatic heterocycles. The van der Waals surface area contributed by atoms with Crippen molar-refractivity contribution in [1.29, 1.82) is 0 Å². The van der Waals surface area contributed by atoms with Crippen molar-refractivity contribution in [1.82, 2.24) is 5.32 Å². The van der Waals surface area contributed by atoms with Crippen LogP contribution in [0.1, 0.15) is 32.3 Å². The molecule has 1 heterocycles. The van der Waals surface area contributed by atoms with Crippen molar-refractivity contribution in [2.45, 2.75) is 45.4 Å². The van der Waals surface area contributed by atoms with Gasteiger partial charge in [0.25, 0.3) is 0 Å². The summed E-state index contributed by atoms with van der Waals surface area (Å²) in [6, 6.07) is 8.87. The number of benzene rings is 1. The third-order valence-corrected chi connectivity index (χ3v) is 3.29. The van der Waals surface area contributed by atoms with Gasteiger partial charge in [0.15, 0.2) is 0 Å². The molecule has 1 aliphatic rings. The monoisotopic (exact) mass is 249 g/mol. The Kier molecular flexibility index (Phi) is 5.02. The summed E-state index contributed by atoms with van der Waals surface area (Å²) < 4.78 is 11.1. The van der Waals surface area contributed by atoms with Gasteiger partial charge < -0.3 is 14.8 Å². The summed E-state index contributed by atoms with van der Waals surface area (Å²) in [4.78, 5) is 0. The Morgan fingerprint density at radius 1 is 1.44 bits per heavy atom. The lowest BCUT2D eigenvalue weighted by molar-refractivity contribution is 0.0130. The second kappa shape index (κ2) is 6.76. The Balaban J connectivity index is 1.83. The molecule has 2 atom stereocenters. The summed E-state index contributed by atoms with van der Waals surface area (Å²) >= 11 is 0. The molecule has 3 nitrogen and oxygen atoms in total. The van der Waals surface area contributed by atoms with Gasteiger partial charge in [0, 0.05) is 19.2 Å². The number of ether oxygens (including phenoxy) is 2. The van der Waals surface area contributed by atoms with Gasteiger partial charge in [-0.25, -0.2) is 0 Å². The van der Waals surface area contributed by atoms with Crippen molar-refractivity contribution in [2.75, 3.05) is 13.2 Å². The van der Waals surface area contributed by atoms with Crippen LogP contribution in [0.15, 0.2) is 24.3 Å². The van der Waals surface area contributed by atoms with Crippen molar-refractivity contribution in [2.24, 2.45) is 0 Å². The van der Waals surface area contributed by atoms with Crippen molar-refractivity contribution < 1.29 is 9.47 Å². The van der Waals surface area contributed by atoms with E-state index in [1.54, 1.807) is 0 Å². The quantitative estimate of drug-likeness (QED) is 0.870. The highest BCUT2D eigenvalue weighted by atomic mass is 16.5. The molecule has 0 bridgehead atoms. The van der Waals surface area contributed by atoms with Crippen molar-refractivity contribution in [3.05, 3.63) is 29.8 Å². The first-order valence-corrected chi connectivity index (χ1v) is 6.84. The maximum atomic E-state index is 5.55. The van der Waals surface area contributed by atoms with Gasteiger partial charge in [0.1, 0.15) is 5.75 Å². The van der Waals surface area contributed by atoms with E-state index in [2.05, 4.69) is 30.4 Å². The minimum Gasteiger partial charge on any atom is -0.494 e. The average Bonchev–Trinajstić information content (AvgIpc) is 2.37. The Morgan fingerprint density at radius 2 is 2.33 bits per heavy atom. The van der Waals surface area contributed by atoms with Gasteiger partial charge in [0.2, 0.25) is 0 Å². The van der Waals surface area contributed by atoms with E-state index < -0.39 is 0 Å². The van der Waals surface area contributed by atoms with Crippen LogP contribution in [0.4, 0.5) is 0 Å². The molecule has 1 aromatic rings. The Morgan fingerprint density at radius 3 is 3.11 bits per heavy atom. The van der Waals surface area contributed by atoms with E-state index in [0.717, 1.165) is 31.7 Å². The molecule has 2 rings (SSSR count). The van der Waals surface area contributed by atoms with Gasteiger partial charge in [-0.1, -0.05) is 12.1 Å². The maximum Gasteiger partial charge on any atom is 0.119 e. The molecule has 0 radical (unpaired) electrons. The molecule has 0 spiro atoms. The second-order valence-corrected chi connectivity index (χ2v) is 4.86. The summed E-state index contributed by atoms with van der Waals surface area (Å²) in [5.74, 6) is 0.956. The van der Waals surface area contributed by atoms with Crippen LogP contribution in [0.2, 0.25) is 0 Å². The molecule has 0 aliphatic carbocycles. The Hall–Kier alpha value is -1.06. The lowest BCUT2D eigenvalue weighted by Gasteiger charge is -2.28. The van der Waals surface area contributed by atoms with Crippen LogP contribution in [-0.4, -0.2) is 25.4 Å². The van der Waals surface area contributed by atoms with Gasteiger partial charge >= 0.3 is 0 Å². The molecule has 0 saturated carbocycles. The summed E-state index contributed by atoms with van der Waals surface area (Å²) in [6.07, 6.45) is 2.59. The zero-order valence-electron chi connectivity index (χ0n) is 11.3. The fourth-order valence-electron chi connectivity index (χ4n) is 2.36. The summed E-state index contributed by atoms with van der Waals surface area (Å²) in [7, 11) is 0. The molecule has 1 saturated heterocycles. The highest BCUT2D eigenvalue weighted by Gasteiger charge is 2.18. The zero-order chi connectivity index (χ0) is 12.8. The largest absolute Gasteiger partial charge is 0.494 e. The van der Waals surface area contributed by atoms with E-state index in [9.17, 15) is 0 Å². The molecule has 100 valence electrons. The van der Waals surface area contributed by atoms with Crippen LogP contribution in [0.5, 0.6) is 5.75 Å². The molecule has 1 fully saturated rings. The number of rotatable bonds is 5. The van der Waals surface area contributed by atoms with Gasteiger partial charge in [-0.05, 0) is 44.4 Å². The van der Waals surface area contributed by atoms with E-state index in [-0.39, 0.29) is 0 Å². The van der Waals surface area contributed by atoms with Crippen molar-refractivity contribution in [3.8, 4) is 5.75 Å². The Bertz CT molecular complexity index is 367. The predicted octanol–water partition coefficient (Wildman–Crippen LogP) is 2.74. The molecule has 1 aromatic carbocycles. The number of hydrogen-bond donors (Lipinski definition) is 1. The maximum absolute atomic E-state index is 5.55. The minimum atomic E-state index is 0.381. The van der Waals surface area contributed by atoms with E-state index in [1.807, 2.05) is 13.0 Å². The lowest BCUT2D eigenvalue weighted by atomic mass is 10.0. The van der Waals surface area contributed by atoms with Crippen LogP contribution in [0.3, 0.4) is 0 Å².